The zero-order valence-corrected chi connectivity index (χ0v) is 13.8. The van der Waals surface area contributed by atoms with Crippen LogP contribution in [0.15, 0.2) is 36.9 Å². The first-order chi connectivity index (χ1) is 10.6. The van der Waals surface area contributed by atoms with E-state index in [-0.39, 0.29) is 18.0 Å². The average Bonchev–Trinajstić information content (AvgIpc) is 3.19. The van der Waals surface area contributed by atoms with Crippen molar-refractivity contribution in [3.05, 3.63) is 52.5 Å². The molecule has 0 saturated carbocycles. The molecule has 0 N–H and O–H groups in total. The van der Waals surface area contributed by atoms with Crippen LogP contribution in [0.3, 0.4) is 0 Å². The molecule has 1 aliphatic rings. The summed E-state index contributed by atoms with van der Waals surface area (Å²) in [5, 5.41) is 1.06. The fourth-order valence-corrected chi connectivity index (χ4v) is 3.27. The Labute approximate surface area is 139 Å². The lowest BCUT2D eigenvalue weighted by molar-refractivity contribution is -0.135. The first-order valence-electron chi connectivity index (χ1n) is 7.31. The lowest BCUT2D eigenvalue weighted by Crippen LogP contribution is -2.35. The maximum absolute atomic E-state index is 12.8. The highest BCUT2D eigenvalue weighted by atomic mass is 35.5. The molecule has 2 aromatic rings. The van der Waals surface area contributed by atoms with E-state index in [1.54, 1.807) is 18.6 Å². The number of halogens is 2. The van der Waals surface area contributed by atoms with Crippen molar-refractivity contribution < 1.29 is 4.79 Å². The molecule has 2 atom stereocenters. The molecule has 0 spiro atoms. The summed E-state index contributed by atoms with van der Waals surface area (Å²) < 4.78 is 1.83. The van der Waals surface area contributed by atoms with Crippen molar-refractivity contribution in [2.45, 2.75) is 31.8 Å². The second kappa shape index (κ2) is 6.31. The van der Waals surface area contributed by atoms with Crippen molar-refractivity contribution in [3.8, 4) is 0 Å². The third kappa shape index (κ3) is 2.85. The molecular formula is C16H17Cl2N3O. The zero-order valence-electron chi connectivity index (χ0n) is 12.2. The van der Waals surface area contributed by atoms with Gasteiger partial charge in [0.2, 0.25) is 5.91 Å². The Morgan fingerprint density at radius 3 is 2.86 bits per heavy atom. The predicted octanol–water partition coefficient (Wildman–Crippen LogP) is 4.11. The number of hydrogen-bond donors (Lipinski definition) is 0. The molecule has 1 fully saturated rings. The van der Waals surface area contributed by atoms with Gasteiger partial charge in [0.15, 0.2) is 0 Å². The normalized spacial score (nSPS) is 19.4. The van der Waals surface area contributed by atoms with Crippen LogP contribution in [0.4, 0.5) is 0 Å². The topological polar surface area (TPSA) is 38.1 Å². The van der Waals surface area contributed by atoms with Gasteiger partial charge < -0.3 is 9.47 Å². The fourth-order valence-electron chi connectivity index (χ4n) is 2.96. The Morgan fingerprint density at radius 2 is 2.18 bits per heavy atom. The lowest BCUT2D eigenvalue weighted by atomic mass is 10.0. The van der Waals surface area contributed by atoms with Gasteiger partial charge in [0.05, 0.1) is 22.4 Å². The number of aromatic nitrogens is 2. The minimum absolute atomic E-state index is 0.0632. The second-order valence-corrected chi connectivity index (χ2v) is 6.36. The van der Waals surface area contributed by atoms with E-state index in [1.165, 1.54) is 0 Å². The molecule has 2 heterocycles. The Balaban J connectivity index is 1.83. The van der Waals surface area contributed by atoms with Crippen LogP contribution in [0, 0.1) is 0 Å². The number of amides is 1. The summed E-state index contributed by atoms with van der Waals surface area (Å²) >= 11 is 12.1. The van der Waals surface area contributed by atoms with Crippen molar-refractivity contribution >= 4 is 29.1 Å². The van der Waals surface area contributed by atoms with Gasteiger partial charge in [0.1, 0.15) is 6.04 Å². The van der Waals surface area contributed by atoms with E-state index >= 15 is 0 Å². The van der Waals surface area contributed by atoms with Gasteiger partial charge in [-0.1, -0.05) is 29.3 Å². The van der Waals surface area contributed by atoms with Gasteiger partial charge in [-0.05, 0) is 37.5 Å². The van der Waals surface area contributed by atoms with Gasteiger partial charge in [-0.15, -0.1) is 0 Å². The summed E-state index contributed by atoms with van der Waals surface area (Å²) in [7, 11) is 0. The predicted molar refractivity (Wildman–Crippen MR) is 87.1 cm³/mol. The first kappa shape index (κ1) is 15.4. The molecule has 6 heteroatoms. The molecule has 0 radical (unpaired) electrons. The minimum Gasteiger partial charge on any atom is -0.334 e. The van der Waals surface area contributed by atoms with Gasteiger partial charge in [-0.3, -0.25) is 4.79 Å². The van der Waals surface area contributed by atoms with Crippen LogP contribution in [-0.2, 0) is 4.79 Å². The third-order valence-electron chi connectivity index (χ3n) is 4.19. The molecule has 0 aliphatic carbocycles. The molecule has 0 bridgehead atoms. The number of benzene rings is 1. The highest BCUT2D eigenvalue weighted by Crippen LogP contribution is 2.36. The molecule has 1 aromatic heterocycles. The monoisotopic (exact) mass is 337 g/mol. The Morgan fingerprint density at radius 1 is 1.36 bits per heavy atom. The molecule has 22 heavy (non-hydrogen) atoms. The van der Waals surface area contributed by atoms with Crippen LogP contribution in [0.25, 0.3) is 0 Å². The molecule has 1 aromatic carbocycles. The van der Waals surface area contributed by atoms with Gasteiger partial charge in [-0.2, -0.15) is 0 Å². The van der Waals surface area contributed by atoms with Crippen molar-refractivity contribution in [1.82, 2.24) is 14.5 Å². The summed E-state index contributed by atoms with van der Waals surface area (Å²) in [5.74, 6) is 0.103. The molecule has 1 amide bonds. The number of carbonyl (C=O) groups excluding carboxylic acids is 1. The Hall–Kier alpha value is -1.52. The van der Waals surface area contributed by atoms with Crippen molar-refractivity contribution in [2.24, 2.45) is 0 Å². The summed E-state index contributed by atoms with van der Waals surface area (Å²) in [6.07, 6.45) is 7.11. The van der Waals surface area contributed by atoms with Crippen molar-refractivity contribution in [2.75, 3.05) is 6.54 Å². The molecule has 3 rings (SSSR count). The maximum Gasteiger partial charge on any atom is 0.245 e. The summed E-state index contributed by atoms with van der Waals surface area (Å²) in [6.45, 7) is 2.66. The SMILES string of the molecule is C[C@@H](C(=O)N1CCC[C@H]1c1ccc(Cl)c(Cl)c1)n1ccnc1. The van der Waals surface area contributed by atoms with Crippen LogP contribution < -0.4 is 0 Å². The molecule has 4 nitrogen and oxygen atoms in total. The van der Waals surface area contributed by atoms with Crippen LogP contribution in [0.2, 0.25) is 10.0 Å². The highest BCUT2D eigenvalue weighted by Gasteiger charge is 2.33. The van der Waals surface area contributed by atoms with Gasteiger partial charge >= 0.3 is 0 Å². The molecule has 116 valence electrons. The van der Waals surface area contributed by atoms with Crippen LogP contribution in [0.5, 0.6) is 0 Å². The molecular weight excluding hydrogens is 321 g/mol. The standard InChI is InChI=1S/C16H17Cl2N3O/c1-11(20-8-6-19-10-20)16(22)21-7-2-3-15(21)12-4-5-13(17)14(18)9-12/h4-6,8-11,15H,2-3,7H2,1H3/t11-,15-/m0/s1. The quantitative estimate of drug-likeness (QED) is 0.845. The van der Waals surface area contributed by atoms with Crippen LogP contribution in [0.1, 0.15) is 37.4 Å². The van der Waals surface area contributed by atoms with E-state index in [2.05, 4.69) is 4.98 Å². The Bertz CT molecular complexity index is 672. The van der Waals surface area contributed by atoms with Gasteiger partial charge in [-0.25, -0.2) is 4.98 Å². The second-order valence-electron chi connectivity index (χ2n) is 5.55. The van der Waals surface area contributed by atoms with Crippen LogP contribution in [-0.4, -0.2) is 26.9 Å². The number of hydrogen-bond acceptors (Lipinski definition) is 2. The smallest absolute Gasteiger partial charge is 0.245 e. The summed E-state index contributed by atoms with van der Waals surface area (Å²) in [5.41, 5.74) is 1.04. The Kier molecular flexibility index (Phi) is 4.41. The highest BCUT2D eigenvalue weighted by molar-refractivity contribution is 6.42. The van der Waals surface area contributed by atoms with Crippen molar-refractivity contribution in [1.29, 1.82) is 0 Å². The van der Waals surface area contributed by atoms with Crippen molar-refractivity contribution in [3.63, 3.8) is 0 Å². The number of imidazole rings is 1. The first-order valence-corrected chi connectivity index (χ1v) is 8.06. The maximum atomic E-state index is 12.8. The van der Waals surface area contributed by atoms with E-state index in [4.69, 9.17) is 23.2 Å². The molecule has 1 saturated heterocycles. The fraction of sp³-hybridized carbons (Fsp3) is 0.375. The molecule has 0 unspecified atom stereocenters. The van der Waals surface area contributed by atoms with E-state index in [9.17, 15) is 4.79 Å². The lowest BCUT2D eigenvalue weighted by Gasteiger charge is -2.28. The van der Waals surface area contributed by atoms with Crippen LogP contribution >= 0.6 is 23.2 Å². The average molecular weight is 338 g/mol. The summed E-state index contributed by atoms with van der Waals surface area (Å²) in [6, 6.07) is 5.41. The van der Waals surface area contributed by atoms with E-state index in [0.717, 1.165) is 24.9 Å². The number of rotatable bonds is 3. The van der Waals surface area contributed by atoms with E-state index < -0.39 is 0 Å². The largest absolute Gasteiger partial charge is 0.334 e. The van der Waals surface area contributed by atoms with E-state index in [1.807, 2.05) is 34.7 Å². The zero-order chi connectivity index (χ0) is 15.7. The number of likely N-dealkylation sites (tertiary alicyclic amines) is 1. The third-order valence-corrected chi connectivity index (χ3v) is 4.93. The number of nitrogens with zero attached hydrogens (tertiary/aromatic N) is 3. The molecule has 1 aliphatic heterocycles. The van der Waals surface area contributed by atoms with Gasteiger partial charge in [0, 0.05) is 18.9 Å². The number of carbonyl (C=O) groups is 1. The van der Waals surface area contributed by atoms with Gasteiger partial charge in [0.25, 0.3) is 0 Å². The minimum atomic E-state index is -0.258. The van der Waals surface area contributed by atoms with E-state index in [0.29, 0.717) is 10.0 Å². The summed E-state index contributed by atoms with van der Waals surface area (Å²) in [4.78, 5) is 18.7.